The second kappa shape index (κ2) is 7.67. The molecule has 0 aliphatic heterocycles. The molecule has 0 saturated heterocycles. The lowest BCUT2D eigenvalue weighted by Crippen LogP contribution is -1.93. The number of hydrogen-bond donors (Lipinski definition) is 0. The minimum atomic E-state index is 0.519. The van der Waals surface area contributed by atoms with Crippen LogP contribution in [-0.2, 0) is 5.75 Å². The van der Waals surface area contributed by atoms with Crippen molar-refractivity contribution in [2.24, 2.45) is 0 Å². The molecule has 0 radical (unpaired) electrons. The highest BCUT2D eigenvalue weighted by atomic mass is 35.5. The molecule has 0 aliphatic rings. The molecular weight excluding hydrogens is 361 g/mol. The molecule has 0 spiro atoms. The van der Waals surface area contributed by atoms with Crippen LogP contribution in [0.2, 0.25) is 10.0 Å². The Balaban J connectivity index is 1.86. The lowest BCUT2D eigenvalue weighted by molar-refractivity contribution is 1.10. The number of nitrogens with zero attached hydrogens (tertiary/aromatic N) is 3. The van der Waals surface area contributed by atoms with Crippen LogP contribution in [0.1, 0.15) is 11.1 Å². The van der Waals surface area contributed by atoms with Crippen molar-refractivity contribution in [1.29, 1.82) is 5.26 Å². The summed E-state index contributed by atoms with van der Waals surface area (Å²) in [6.45, 7) is 0. The molecule has 24 heavy (non-hydrogen) atoms. The third-order valence-electron chi connectivity index (χ3n) is 3.27. The lowest BCUT2D eigenvalue weighted by atomic mass is 10.2. The van der Waals surface area contributed by atoms with Crippen LogP contribution < -0.4 is 0 Å². The molecule has 3 aromatic rings. The minimum Gasteiger partial charge on any atom is -0.255 e. The van der Waals surface area contributed by atoms with Gasteiger partial charge in [-0.3, -0.25) is 4.98 Å². The van der Waals surface area contributed by atoms with Gasteiger partial charge in [0.1, 0.15) is 11.1 Å². The summed E-state index contributed by atoms with van der Waals surface area (Å²) in [5.74, 6) is 0.643. The van der Waals surface area contributed by atoms with Gasteiger partial charge in [0.15, 0.2) is 0 Å². The number of pyridine rings is 2. The summed E-state index contributed by atoms with van der Waals surface area (Å²) in [5.41, 5.74) is 3.08. The van der Waals surface area contributed by atoms with E-state index in [9.17, 15) is 5.26 Å². The zero-order chi connectivity index (χ0) is 16.9. The first-order chi connectivity index (χ1) is 11.7. The fraction of sp³-hybridized carbons (Fsp3) is 0.0556. The Kier molecular flexibility index (Phi) is 5.37. The van der Waals surface area contributed by atoms with Crippen LogP contribution in [0.3, 0.4) is 0 Å². The van der Waals surface area contributed by atoms with Gasteiger partial charge in [0.2, 0.25) is 0 Å². The van der Waals surface area contributed by atoms with E-state index in [1.807, 2.05) is 36.4 Å². The Hall–Kier alpha value is -2.06. The van der Waals surface area contributed by atoms with Gasteiger partial charge >= 0.3 is 0 Å². The Bertz CT molecular complexity index is 908. The van der Waals surface area contributed by atoms with E-state index in [4.69, 9.17) is 23.2 Å². The molecule has 2 aromatic heterocycles. The van der Waals surface area contributed by atoms with Crippen molar-refractivity contribution in [2.45, 2.75) is 10.8 Å². The number of halogens is 2. The molecule has 0 N–H and O–H groups in total. The summed E-state index contributed by atoms with van der Waals surface area (Å²) >= 11 is 13.5. The summed E-state index contributed by atoms with van der Waals surface area (Å²) in [5, 5.41) is 11.0. The lowest BCUT2D eigenvalue weighted by Gasteiger charge is -2.07. The Morgan fingerprint density at radius 1 is 1.00 bits per heavy atom. The molecular formula is C18H11Cl2N3S. The van der Waals surface area contributed by atoms with Crippen molar-refractivity contribution in [1.82, 2.24) is 9.97 Å². The molecule has 0 fully saturated rings. The van der Waals surface area contributed by atoms with E-state index < -0.39 is 0 Å². The molecule has 3 rings (SSSR count). The first-order valence-corrected chi connectivity index (χ1v) is 8.81. The van der Waals surface area contributed by atoms with Crippen molar-refractivity contribution in [2.75, 3.05) is 0 Å². The van der Waals surface area contributed by atoms with E-state index in [0.29, 0.717) is 26.4 Å². The van der Waals surface area contributed by atoms with E-state index in [0.717, 1.165) is 17.0 Å². The zero-order valence-corrected chi connectivity index (χ0v) is 14.7. The molecule has 3 nitrogen and oxygen atoms in total. The number of hydrogen-bond acceptors (Lipinski definition) is 4. The Morgan fingerprint density at radius 3 is 2.58 bits per heavy atom. The largest absolute Gasteiger partial charge is 0.255 e. The molecule has 0 unspecified atom stereocenters. The first kappa shape index (κ1) is 16.8. The monoisotopic (exact) mass is 371 g/mol. The van der Waals surface area contributed by atoms with E-state index in [2.05, 4.69) is 16.0 Å². The average molecular weight is 372 g/mol. The van der Waals surface area contributed by atoms with Crippen molar-refractivity contribution < 1.29 is 0 Å². The van der Waals surface area contributed by atoms with Crippen molar-refractivity contribution in [3.63, 3.8) is 0 Å². The second-order valence-electron chi connectivity index (χ2n) is 4.91. The van der Waals surface area contributed by atoms with E-state index in [1.165, 1.54) is 11.8 Å². The van der Waals surface area contributed by atoms with Gasteiger partial charge in [-0.15, -0.1) is 11.8 Å². The van der Waals surface area contributed by atoms with Crippen LogP contribution in [0, 0.1) is 11.3 Å². The standard InChI is InChI=1S/C18H11Cl2N3S/c19-14-6-4-12(9-15(14)20)11-24-18-13(10-21)5-7-17(23-18)16-3-1-2-8-22-16/h1-9H,11H2. The van der Waals surface area contributed by atoms with Crippen LogP contribution in [-0.4, -0.2) is 9.97 Å². The summed E-state index contributed by atoms with van der Waals surface area (Å²) in [7, 11) is 0. The summed E-state index contributed by atoms with van der Waals surface area (Å²) in [4.78, 5) is 8.89. The van der Waals surface area contributed by atoms with Gasteiger partial charge < -0.3 is 0 Å². The van der Waals surface area contributed by atoms with Crippen molar-refractivity contribution >= 4 is 35.0 Å². The van der Waals surface area contributed by atoms with Crippen LogP contribution in [0.5, 0.6) is 0 Å². The van der Waals surface area contributed by atoms with Gasteiger partial charge in [-0.25, -0.2) is 4.98 Å². The highest BCUT2D eigenvalue weighted by molar-refractivity contribution is 7.98. The molecule has 0 atom stereocenters. The predicted molar refractivity (Wildman–Crippen MR) is 98.2 cm³/mol. The van der Waals surface area contributed by atoms with Gasteiger partial charge in [0, 0.05) is 11.9 Å². The van der Waals surface area contributed by atoms with Gasteiger partial charge in [-0.1, -0.05) is 35.3 Å². The number of benzene rings is 1. The molecule has 0 amide bonds. The van der Waals surface area contributed by atoms with E-state index >= 15 is 0 Å². The van der Waals surface area contributed by atoms with Crippen molar-refractivity contribution in [3.05, 3.63) is 75.9 Å². The summed E-state index contributed by atoms with van der Waals surface area (Å²) < 4.78 is 0. The number of thioether (sulfide) groups is 1. The molecule has 2 heterocycles. The molecule has 118 valence electrons. The van der Waals surface area contributed by atoms with E-state index in [1.54, 1.807) is 18.3 Å². The molecule has 0 bridgehead atoms. The number of aromatic nitrogens is 2. The number of nitriles is 1. The highest BCUT2D eigenvalue weighted by Crippen LogP contribution is 2.29. The predicted octanol–water partition coefficient (Wildman–Crippen LogP) is 5.61. The SMILES string of the molecule is N#Cc1ccc(-c2ccccn2)nc1SCc1ccc(Cl)c(Cl)c1. The first-order valence-electron chi connectivity index (χ1n) is 7.06. The average Bonchev–Trinajstić information content (AvgIpc) is 2.63. The molecule has 1 aromatic carbocycles. The second-order valence-corrected chi connectivity index (χ2v) is 6.69. The van der Waals surface area contributed by atoms with Gasteiger partial charge in [0.25, 0.3) is 0 Å². The molecule has 0 saturated carbocycles. The van der Waals surface area contributed by atoms with Crippen LogP contribution in [0.25, 0.3) is 11.4 Å². The summed E-state index contributed by atoms with van der Waals surface area (Å²) in [6.07, 6.45) is 1.72. The fourth-order valence-corrected chi connectivity index (χ4v) is 3.31. The third kappa shape index (κ3) is 3.88. The Morgan fingerprint density at radius 2 is 1.88 bits per heavy atom. The Labute approximate surface area is 154 Å². The van der Waals surface area contributed by atoms with Gasteiger partial charge in [-0.05, 0) is 42.0 Å². The van der Waals surface area contributed by atoms with Crippen molar-refractivity contribution in [3.8, 4) is 17.5 Å². The number of rotatable bonds is 4. The fourth-order valence-electron chi connectivity index (χ4n) is 2.07. The van der Waals surface area contributed by atoms with Crippen LogP contribution in [0.4, 0.5) is 0 Å². The minimum absolute atomic E-state index is 0.519. The maximum absolute atomic E-state index is 9.30. The highest BCUT2D eigenvalue weighted by Gasteiger charge is 2.09. The van der Waals surface area contributed by atoms with Gasteiger partial charge in [0.05, 0.1) is 27.0 Å². The third-order valence-corrected chi connectivity index (χ3v) is 5.07. The zero-order valence-electron chi connectivity index (χ0n) is 12.4. The van der Waals surface area contributed by atoms with Crippen LogP contribution in [0.15, 0.2) is 59.8 Å². The maximum atomic E-state index is 9.30. The quantitative estimate of drug-likeness (QED) is 0.558. The molecule has 6 heteroatoms. The van der Waals surface area contributed by atoms with Crippen LogP contribution >= 0.6 is 35.0 Å². The topological polar surface area (TPSA) is 49.6 Å². The van der Waals surface area contributed by atoms with Gasteiger partial charge in [-0.2, -0.15) is 5.26 Å². The van der Waals surface area contributed by atoms with E-state index in [-0.39, 0.29) is 0 Å². The maximum Gasteiger partial charge on any atom is 0.115 e. The normalized spacial score (nSPS) is 10.4. The summed E-state index contributed by atoms with van der Waals surface area (Å²) in [6, 6.07) is 16.9. The smallest absolute Gasteiger partial charge is 0.115 e. The molecule has 0 aliphatic carbocycles.